The van der Waals surface area contributed by atoms with E-state index in [-0.39, 0.29) is 10.6 Å². The molecule has 39 heavy (non-hydrogen) atoms. The lowest BCUT2D eigenvalue weighted by Crippen LogP contribution is -2.34. The van der Waals surface area contributed by atoms with Crippen LogP contribution in [-0.2, 0) is 28.9 Å². The predicted octanol–water partition coefficient (Wildman–Crippen LogP) is 4.37. The fraction of sp³-hybridized carbons (Fsp3) is 0.133. The van der Waals surface area contributed by atoms with E-state index in [9.17, 15) is 18.0 Å². The SMILES string of the molecule is COC(=O)CC(C(=O)OC)S(=O)(=O)c1ccccc1N=P(c1ccccc1)(c1ccccc1)c1ccccc1. The minimum atomic E-state index is -4.42. The smallest absolute Gasteiger partial charge is 0.325 e. The maximum atomic E-state index is 13.9. The van der Waals surface area contributed by atoms with E-state index >= 15 is 0 Å². The van der Waals surface area contributed by atoms with Crippen molar-refractivity contribution in [1.82, 2.24) is 0 Å². The molecular formula is C30H28NO6PS. The van der Waals surface area contributed by atoms with Gasteiger partial charge in [0, 0.05) is 15.9 Å². The second-order valence-corrected chi connectivity index (χ2v) is 13.7. The van der Waals surface area contributed by atoms with Crippen LogP contribution in [0.4, 0.5) is 5.69 Å². The van der Waals surface area contributed by atoms with Crippen molar-refractivity contribution in [2.45, 2.75) is 16.6 Å². The van der Waals surface area contributed by atoms with Gasteiger partial charge in [-0.25, -0.2) is 8.42 Å². The molecule has 0 bridgehead atoms. The van der Waals surface area contributed by atoms with Gasteiger partial charge in [-0.1, -0.05) is 103 Å². The Hall–Kier alpha value is -4.00. The highest BCUT2D eigenvalue weighted by atomic mass is 32.2. The number of hydrogen-bond acceptors (Lipinski definition) is 7. The number of esters is 2. The Morgan fingerprint density at radius 2 is 1.13 bits per heavy atom. The number of ether oxygens (including phenoxy) is 2. The highest BCUT2D eigenvalue weighted by molar-refractivity contribution is 7.93. The molecule has 9 heteroatoms. The van der Waals surface area contributed by atoms with Crippen LogP contribution in [0.25, 0.3) is 0 Å². The van der Waals surface area contributed by atoms with Gasteiger partial charge in [0.1, 0.15) is 0 Å². The summed E-state index contributed by atoms with van der Waals surface area (Å²) in [7, 11) is -5.02. The predicted molar refractivity (Wildman–Crippen MR) is 153 cm³/mol. The number of carbonyl (C=O) groups is 2. The second kappa shape index (κ2) is 12.2. The average Bonchev–Trinajstić information content (AvgIpc) is 2.99. The Bertz CT molecular complexity index is 1500. The Kier molecular flexibility index (Phi) is 8.79. The van der Waals surface area contributed by atoms with Crippen molar-refractivity contribution in [3.05, 3.63) is 115 Å². The van der Waals surface area contributed by atoms with Crippen molar-refractivity contribution in [2.24, 2.45) is 4.74 Å². The van der Waals surface area contributed by atoms with Gasteiger partial charge in [-0.15, -0.1) is 0 Å². The number of nitrogens with zero attached hydrogens (tertiary/aromatic N) is 1. The maximum absolute atomic E-state index is 13.9. The van der Waals surface area contributed by atoms with Crippen molar-refractivity contribution in [3.8, 4) is 0 Å². The Morgan fingerprint density at radius 3 is 1.56 bits per heavy atom. The van der Waals surface area contributed by atoms with E-state index in [1.54, 1.807) is 18.2 Å². The Labute approximate surface area is 228 Å². The van der Waals surface area contributed by atoms with Gasteiger partial charge in [0.15, 0.2) is 15.1 Å². The largest absolute Gasteiger partial charge is 0.469 e. The minimum Gasteiger partial charge on any atom is -0.469 e. The molecule has 0 aromatic heterocycles. The van der Waals surface area contributed by atoms with Crippen LogP contribution in [0.3, 0.4) is 0 Å². The summed E-state index contributed by atoms with van der Waals surface area (Å²) in [6.07, 6.45) is -0.684. The van der Waals surface area contributed by atoms with E-state index in [2.05, 4.69) is 4.74 Å². The summed E-state index contributed by atoms with van der Waals surface area (Å²) in [6.45, 7) is 0. The number of methoxy groups -OCH3 is 2. The monoisotopic (exact) mass is 561 g/mol. The van der Waals surface area contributed by atoms with Crippen molar-refractivity contribution >= 4 is 50.4 Å². The van der Waals surface area contributed by atoms with Crippen LogP contribution in [0.5, 0.6) is 0 Å². The normalized spacial score (nSPS) is 12.3. The van der Waals surface area contributed by atoms with Gasteiger partial charge < -0.3 is 9.47 Å². The Morgan fingerprint density at radius 1 is 0.692 bits per heavy atom. The summed E-state index contributed by atoms with van der Waals surface area (Å²) in [6, 6.07) is 35.5. The molecule has 0 amide bonds. The standard InChI is InChI=1S/C30H28NO6PS/c1-36-29(32)22-28(30(33)37-2)39(34,35)27-21-13-12-20-26(27)31-38(23-14-6-3-7-15-23,24-16-8-4-9-17-24)25-18-10-5-11-19-25/h3-21,28H,22H2,1-2H3. The lowest BCUT2D eigenvalue weighted by Gasteiger charge is -2.27. The molecule has 0 aliphatic carbocycles. The second-order valence-electron chi connectivity index (χ2n) is 8.55. The molecule has 4 aromatic carbocycles. The molecule has 0 saturated heterocycles. The van der Waals surface area contributed by atoms with Gasteiger partial charge in [-0.05, 0) is 12.1 Å². The van der Waals surface area contributed by atoms with Crippen molar-refractivity contribution in [2.75, 3.05) is 14.2 Å². The van der Waals surface area contributed by atoms with Crippen molar-refractivity contribution < 1.29 is 27.5 Å². The molecule has 200 valence electrons. The summed E-state index contributed by atoms with van der Waals surface area (Å²) in [5, 5.41) is 0.986. The molecule has 4 aromatic rings. The summed E-state index contributed by atoms with van der Waals surface area (Å²) in [5.41, 5.74) is 0.182. The molecule has 0 aliphatic heterocycles. The van der Waals surface area contributed by atoms with Crippen molar-refractivity contribution in [1.29, 1.82) is 0 Å². The van der Waals surface area contributed by atoms with Gasteiger partial charge in [0.25, 0.3) is 0 Å². The first-order chi connectivity index (χ1) is 18.8. The summed E-state index contributed by atoms with van der Waals surface area (Å²) < 4.78 is 42.6. The third kappa shape index (κ3) is 5.72. The Balaban J connectivity index is 2.08. The van der Waals surface area contributed by atoms with E-state index in [4.69, 9.17) is 9.48 Å². The van der Waals surface area contributed by atoms with Crippen molar-refractivity contribution in [3.63, 3.8) is 0 Å². The number of rotatable bonds is 9. The molecule has 0 fully saturated rings. The van der Waals surface area contributed by atoms with Crippen LogP contribution in [0.2, 0.25) is 0 Å². The van der Waals surface area contributed by atoms with Crippen LogP contribution in [-0.4, -0.2) is 39.8 Å². The average molecular weight is 562 g/mol. The molecular weight excluding hydrogens is 533 g/mol. The fourth-order valence-corrected chi connectivity index (χ4v) is 9.63. The van der Waals surface area contributed by atoms with E-state index < -0.39 is 40.5 Å². The zero-order valence-corrected chi connectivity index (χ0v) is 23.2. The van der Waals surface area contributed by atoms with E-state index in [0.717, 1.165) is 30.1 Å². The molecule has 0 heterocycles. The van der Waals surface area contributed by atoms with Gasteiger partial charge in [0.2, 0.25) is 0 Å². The lowest BCUT2D eigenvalue weighted by molar-refractivity contribution is -0.146. The number of sulfone groups is 1. The molecule has 0 N–H and O–H groups in total. The van der Waals surface area contributed by atoms with Crippen LogP contribution >= 0.6 is 7.05 Å². The van der Waals surface area contributed by atoms with Gasteiger partial charge in [-0.3, -0.25) is 14.3 Å². The first-order valence-corrected chi connectivity index (χ1v) is 15.4. The van der Waals surface area contributed by atoms with E-state index in [1.807, 2.05) is 91.0 Å². The third-order valence-electron chi connectivity index (χ3n) is 6.24. The third-order valence-corrected chi connectivity index (χ3v) is 12.0. The molecule has 0 saturated carbocycles. The fourth-order valence-electron chi connectivity index (χ4n) is 4.33. The quantitative estimate of drug-likeness (QED) is 0.222. The highest BCUT2D eigenvalue weighted by Gasteiger charge is 2.39. The molecule has 1 atom stereocenters. The maximum Gasteiger partial charge on any atom is 0.325 e. The van der Waals surface area contributed by atoms with Gasteiger partial charge >= 0.3 is 11.9 Å². The van der Waals surface area contributed by atoms with Gasteiger partial charge in [-0.2, -0.15) is 0 Å². The minimum absolute atomic E-state index is 0.170. The summed E-state index contributed by atoms with van der Waals surface area (Å²) >= 11 is 0. The number of carbonyl (C=O) groups excluding carboxylic acids is 2. The first kappa shape index (κ1) is 28.0. The first-order valence-electron chi connectivity index (χ1n) is 12.1. The number of hydrogen-bond donors (Lipinski definition) is 0. The molecule has 0 spiro atoms. The van der Waals surface area contributed by atoms with Gasteiger partial charge in [0.05, 0.1) is 38.3 Å². The number of benzene rings is 4. The molecule has 0 radical (unpaired) electrons. The summed E-state index contributed by atoms with van der Waals surface area (Å²) in [5.74, 6) is -1.89. The van der Waals surface area contributed by atoms with E-state index in [0.29, 0.717) is 0 Å². The summed E-state index contributed by atoms with van der Waals surface area (Å²) in [4.78, 5) is 24.5. The van der Waals surface area contributed by atoms with E-state index in [1.165, 1.54) is 6.07 Å². The molecule has 1 unspecified atom stereocenters. The molecule has 7 nitrogen and oxygen atoms in total. The van der Waals surface area contributed by atoms with Crippen LogP contribution < -0.4 is 15.9 Å². The zero-order valence-electron chi connectivity index (χ0n) is 21.5. The van der Waals surface area contributed by atoms with Crippen LogP contribution in [0.15, 0.2) is 125 Å². The van der Waals surface area contributed by atoms with Crippen LogP contribution in [0.1, 0.15) is 6.42 Å². The lowest BCUT2D eigenvalue weighted by atomic mass is 10.3. The molecule has 4 rings (SSSR count). The topological polar surface area (TPSA) is 99.1 Å². The molecule has 0 aliphatic rings. The zero-order chi connectivity index (χ0) is 27.9. The van der Waals surface area contributed by atoms with Crippen LogP contribution in [0, 0.1) is 0 Å². The highest BCUT2D eigenvalue weighted by Crippen LogP contribution is 2.50.